The molecule has 1 aromatic carbocycles. The van der Waals surface area contributed by atoms with Crippen LogP contribution in [0.3, 0.4) is 0 Å². The summed E-state index contributed by atoms with van der Waals surface area (Å²) in [5, 5.41) is 9.24. The molecule has 0 unspecified atom stereocenters. The van der Waals surface area contributed by atoms with Crippen LogP contribution in [0.5, 0.6) is 0 Å². The summed E-state index contributed by atoms with van der Waals surface area (Å²) in [5.74, 6) is -0.457. The van der Waals surface area contributed by atoms with Gasteiger partial charge in [0.1, 0.15) is 6.54 Å². The molecule has 2 aromatic rings. The molecule has 0 fully saturated rings. The number of hydrogen-bond donors (Lipinski definition) is 2. The number of hydrogen-bond acceptors (Lipinski definition) is 4. The minimum atomic E-state index is -0.457. The molecule has 7 heteroatoms. The van der Waals surface area contributed by atoms with Crippen LogP contribution in [0.25, 0.3) is 5.69 Å². The van der Waals surface area contributed by atoms with E-state index in [9.17, 15) is 9.59 Å². The molecule has 0 saturated carbocycles. The van der Waals surface area contributed by atoms with Gasteiger partial charge in [0.2, 0.25) is 0 Å². The zero-order chi connectivity index (χ0) is 15.8. The molecule has 116 valence electrons. The lowest BCUT2D eigenvalue weighted by molar-refractivity contribution is -0.141. The fraction of sp³-hybridized carbons (Fsp3) is 0.267. The van der Waals surface area contributed by atoms with Gasteiger partial charge in [0.05, 0.1) is 12.3 Å². The van der Waals surface area contributed by atoms with Crippen molar-refractivity contribution in [3.8, 4) is 5.69 Å². The van der Waals surface area contributed by atoms with Crippen molar-refractivity contribution >= 4 is 12.0 Å². The Kier molecular flexibility index (Phi) is 5.53. The van der Waals surface area contributed by atoms with Gasteiger partial charge in [0, 0.05) is 18.9 Å². The number of carbonyl (C=O) groups excluding carboxylic acids is 2. The van der Waals surface area contributed by atoms with Crippen molar-refractivity contribution in [2.75, 3.05) is 13.2 Å². The molecular weight excluding hydrogens is 284 g/mol. The van der Waals surface area contributed by atoms with Gasteiger partial charge in [-0.2, -0.15) is 5.10 Å². The van der Waals surface area contributed by atoms with E-state index in [0.29, 0.717) is 13.2 Å². The molecule has 0 saturated heterocycles. The van der Waals surface area contributed by atoms with Gasteiger partial charge in [-0.3, -0.25) is 4.79 Å². The molecule has 1 aromatic heterocycles. The van der Waals surface area contributed by atoms with Crippen molar-refractivity contribution < 1.29 is 14.3 Å². The first-order valence-corrected chi connectivity index (χ1v) is 6.95. The van der Waals surface area contributed by atoms with Gasteiger partial charge in [-0.15, -0.1) is 0 Å². The number of benzene rings is 1. The highest BCUT2D eigenvalue weighted by atomic mass is 16.5. The average molecular weight is 302 g/mol. The molecule has 22 heavy (non-hydrogen) atoms. The van der Waals surface area contributed by atoms with Gasteiger partial charge >= 0.3 is 12.0 Å². The number of ether oxygens (including phenoxy) is 1. The molecular formula is C15H18N4O3. The Hall–Kier alpha value is -2.83. The molecule has 0 aliphatic rings. The lowest BCUT2D eigenvalue weighted by atomic mass is 10.2. The van der Waals surface area contributed by atoms with Crippen LogP contribution in [0.2, 0.25) is 0 Å². The Bertz CT molecular complexity index is 608. The van der Waals surface area contributed by atoms with E-state index in [-0.39, 0.29) is 6.54 Å². The summed E-state index contributed by atoms with van der Waals surface area (Å²) < 4.78 is 6.47. The SMILES string of the molecule is CCOC(=O)CNC(=O)NCc1ccc(-n2cccn2)cc1. The first-order chi connectivity index (χ1) is 10.7. The largest absolute Gasteiger partial charge is 0.465 e. The minimum Gasteiger partial charge on any atom is -0.465 e. The lowest BCUT2D eigenvalue weighted by Crippen LogP contribution is -2.38. The van der Waals surface area contributed by atoms with Crippen LogP contribution in [0.1, 0.15) is 12.5 Å². The number of nitrogens with zero attached hydrogens (tertiary/aromatic N) is 2. The molecule has 2 N–H and O–H groups in total. The summed E-state index contributed by atoms with van der Waals surface area (Å²) in [5.41, 5.74) is 1.89. The van der Waals surface area contributed by atoms with E-state index in [0.717, 1.165) is 11.3 Å². The van der Waals surface area contributed by atoms with Gasteiger partial charge < -0.3 is 15.4 Å². The zero-order valence-corrected chi connectivity index (χ0v) is 12.3. The molecule has 0 radical (unpaired) electrons. The van der Waals surface area contributed by atoms with E-state index in [4.69, 9.17) is 4.74 Å². The third-order valence-electron chi connectivity index (χ3n) is 2.86. The summed E-state index contributed by atoms with van der Waals surface area (Å²) in [6, 6.07) is 9.08. The van der Waals surface area contributed by atoms with Crippen LogP contribution < -0.4 is 10.6 Å². The molecule has 0 aliphatic heterocycles. The van der Waals surface area contributed by atoms with Crippen LogP contribution in [0.15, 0.2) is 42.7 Å². The number of esters is 1. The molecule has 0 spiro atoms. The number of carbonyl (C=O) groups is 2. The second kappa shape index (κ2) is 7.82. The molecule has 2 amide bonds. The summed E-state index contributed by atoms with van der Waals surface area (Å²) in [6.45, 7) is 2.24. The summed E-state index contributed by atoms with van der Waals surface area (Å²) in [7, 11) is 0. The highest BCUT2D eigenvalue weighted by Crippen LogP contribution is 2.08. The quantitative estimate of drug-likeness (QED) is 0.786. The van der Waals surface area contributed by atoms with E-state index in [1.54, 1.807) is 17.8 Å². The minimum absolute atomic E-state index is 0.141. The fourth-order valence-corrected chi connectivity index (χ4v) is 1.80. The Morgan fingerprint density at radius 1 is 1.23 bits per heavy atom. The smallest absolute Gasteiger partial charge is 0.325 e. The third-order valence-corrected chi connectivity index (χ3v) is 2.86. The Morgan fingerprint density at radius 3 is 2.64 bits per heavy atom. The number of rotatable bonds is 6. The molecule has 0 atom stereocenters. The Balaban J connectivity index is 1.77. The first kappa shape index (κ1) is 15.6. The third kappa shape index (κ3) is 4.62. The first-order valence-electron chi connectivity index (χ1n) is 6.95. The lowest BCUT2D eigenvalue weighted by Gasteiger charge is -2.08. The Morgan fingerprint density at radius 2 is 2.00 bits per heavy atom. The van der Waals surface area contributed by atoms with Crippen LogP contribution in [0.4, 0.5) is 4.79 Å². The fourth-order valence-electron chi connectivity index (χ4n) is 1.80. The molecule has 1 heterocycles. The predicted molar refractivity (Wildman–Crippen MR) is 80.4 cm³/mol. The maximum atomic E-state index is 11.5. The number of aromatic nitrogens is 2. The number of urea groups is 1. The Labute approximate surface area is 128 Å². The number of nitrogens with one attached hydrogen (secondary N) is 2. The summed E-state index contributed by atoms with van der Waals surface area (Å²) >= 11 is 0. The van der Waals surface area contributed by atoms with Crippen molar-refractivity contribution in [1.82, 2.24) is 20.4 Å². The van der Waals surface area contributed by atoms with Gasteiger partial charge in [-0.25, -0.2) is 9.48 Å². The maximum Gasteiger partial charge on any atom is 0.325 e. The van der Waals surface area contributed by atoms with Crippen molar-refractivity contribution in [3.05, 3.63) is 48.3 Å². The maximum absolute atomic E-state index is 11.5. The zero-order valence-electron chi connectivity index (χ0n) is 12.3. The van der Waals surface area contributed by atoms with Crippen molar-refractivity contribution in [2.24, 2.45) is 0 Å². The van der Waals surface area contributed by atoms with E-state index in [2.05, 4.69) is 15.7 Å². The van der Waals surface area contributed by atoms with E-state index in [1.807, 2.05) is 36.5 Å². The number of amides is 2. The van der Waals surface area contributed by atoms with Crippen molar-refractivity contribution in [1.29, 1.82) is 0 Å². The second-order valence-electron chi connectivity index (χ2n) is 4.46. The van der Waals surface area contributed by atoms with E-state index >= 15 is 0 Å². The molecule has 7 nitrogen and oxygen atoms in total. The van der Waals surface area contributed by atoms with Crippen LogP contribution in [-0.4, -0.2) is 34.9 Å². The summed E-state index contributed by atoms with van der Waals surface area (Å²) in [4.78, 5) is 22.6. The van der Waals surface area contributed by atoms with Gasteiger partial charge in [-0.05, 0) is 30.7 Å². The highest BCUT2D eigenvalue weighted by molar-refractivity contribution is 5.80. The van der Waals surface area contributed by atoms with Crippen LogP contribution >= 0.6 is 0 Å². The van der Waals surface area contributed by atoms with Gasteiger partial charge in [-0.1, -0.05) is 12.1 Å². The van der Waals surface area contributed by atoms with E-state index in [1.165, 1.54) is 0 Å². The predicted octanol–water partition coefficient (Wildman–Crippen LogP) is 1.23. The van der Waals surface area contributed by atoms with Crippen molar-refractivity contribution in [2.45, 2.75) is 13.5 Å². The van der Waals surface area contributed by atoms with E-state index < -0.39 is 12.0 Å². The van der Waals surface area contributed by atoms with Crippen molar-refractivity contribution in [3.63, 3.8) is 0 Å². The average Bonchev–Trinajstić information content (AvgIpc) is 3.06. The normalized spacial score (nSPS) is 10.0. The standard InChI is InChI=1S/C15H18N4O3/c1-2-22-14(20)11-17-15(21)16-10-12-4-6-13(7-5-12)19-9-3-8-18-19/h3-9H,2,10-11H2,1H3,(H2,16,17,21). The molecule has 0 aliphatic carbocycles. The van der Waals surface area contributed by atoms with Crippen LogP contribution in [0, 0.1) is 0 Å². The highest BCUT2D eigenvalue weighted by Gasteiger charge is 2.05. The summed E-state index contributed by atoms with van der Waals surface area (Å²) in [6.07, 6.45) is 3.57. The van der Waals surface area contributed by atoms with Gasteiger partial charge in [0.25, 0.3) is 0 Å². The monoisotopic (exact) mass is 302 g/mol. The van der Waals surface area contributed by atoms with Gasteiger partial charge in [0.15, 0.2) is 0 Å². The topological polar surface area (TPSA) is 85.2 Å². The molecule has 2 rings (SSSR count). The molecule has 0 bridgehead atoms. The van der Waals surface area contributed by atoms with Crippen LogP contribution in [-0.2, 0) is 16.1 Å². The second-order valence-corrected chi connectivity index (χ2v) is 4.46.